The van der Waals surface area contributed by atoms with Crippen LogP contribution in [0.3, 0.4) is 0 Å². The third kappa shape index (κ3) is 4.43. The normalized spacial score (nSPS) is 23.4. The molecule has 3 aliphatic heterocycles. The molecule has 40 heavy (non-hydrogen) atoms. The van der Waals surface area contributed by atoms with Crippen LogP contribution in [0.2, 0.25) is 0 Å². The highest BCUT2D eigenvalue weighted by molar-refractivity contribution is 5.83. The molecule has 1 N–H and O–H groups in total. The van der Waals surface area contributed by atoms with Gasteiger partial charge in [-0.25, -0.2) is 0 Å². The van der Waals surface area contributed by atoms with Gasteiger partial charge in [0.2, 0.25) is 5.91 Å². The number of carbonyl (C=O) groups excluding carboxylic acids is 1. The van der Waals surface area contributed by atoms with Crippen LogP contribution >= 0.6 is 0 Å². The number of amides is 1. The van der Waals surface area contributed by atoms with E-state index in [-0.39, 0.29) is 51.9 Å². The number of ether oxygens (including phenoxy) is 1. The highest BCUT2D eigenvalue weighted by Gasteiger charge is 2.49. The number of nitro groups is 1. The number of benzene rings is 2. The van der Waals surface area contributed by atoms with Crippen LogP contribution in [0.1, 0.15) is 49.0 Å². The van der Waals surface area contributed by atoms with Crippen LogP contribution in [0.15, 0.2) is 65.5 Å². The van der Waals surface area contributed by atoms with E-state index < -0.39 is 5.92 Å². The Labute approximate surface area is 232 Å². The van der Waals surface area contributed by atoms with E-state index >= 15 is 0 Å². The number of fused-ring (bicyclic) bond motifs is 8. The van der Waals surface area contributed by atoms with Gasteiger partial charge in [0.25, 0.3) is 11.2 Å². The van der Waals surface area contributed by atoms with Crippen LogP contribution in [0.25, 0.3) is 0 Å². The van der Waals surface area contributed by atoms with Crippen LogP contribution in [0, 0.1) is 27.9 Å². The molecule has 0 aliphatic carbocycles. The molecule has 3 aromatic rings. The van der Waals surface area contributed by atoms with Gasteiger partial charge < -0.3 is 19.5 Å². The van der Waals surface area contributed by atoms with Crippen molar-refractivity contribution in [2.24, 2.45) is 17.8 Å². The first-order valence-electron chi connectivity index (χ1n) is 13.9. The Hall–Kier alpha value is -4.14. The summed E-state index contributed by atoms with van der Waals surface area (Å²) in [6.45, 7) is 5.38. The lowest BCUT2D eigenvalue weighted by Crippen LogP contribution is -2.61. The molecule has 9 heteroatoms. The van der Waals surface area contributed by atoms with E-state index in [4.69, 9.17) is 4.74 Å². The van der Waals surface area contributed by atoms with E-state index in [1.807, 2.05) is 47.0 Å². The maximum atomic E-state index is 14.2. The molecule has 0 saturated carbocycles. The van der Waals surface area contributed by atoms with Crippen molar-refractivity contribution in [1.29, 1.82) is 0 Å². The Balaban J connectivity index is 1.38. The average Bonchev–Trinajstić information content (AvgIpc) is 2.95. The molecule has 6 rings (SSSR count). The summed E-state index contributed by atoms with van der Waals surface area (Å²) in [7, 11) is 1.63. The highest BCUT2D eigenvalue weighted by atomic mass is 16.6. The number of piperidine rings is 1. The van der Waals surface area contributed by atoms with Crippen molar-refractivity contribution in [2.75, 3.05) is 18.6 Å². The molecule has 1 fully saturated rings. The molecule has 0 radical (unpaired) electrons. The van der Waals surface area contributed by atoms with Gasteiger partial charge in [-0.3, -0.25) is 19.7 Å². The molecule has 1 unspecified atom stereocenters. The number of methoxy groups -OCH3 is 1. The van der Waals surface area contributed by atoms with E-state index in [2.05, 4.69) is 24.1 Å². The van der Waals surface area contributed by atoms with Gasteiger partial charge >= 0.3 is 0 Å². The van der Waals surface area contributed by atoms with Gasteiger partial charge in [0.1, 0.15) is 5.75 Å². The molecule has 5 atom stereocenters. The molecule has 3 aliphatic rings. The number of hydrogen-bond donors (Lipinski definition) is 1. The number of hydrogen-bond acceptors (Lipinski definition) is 6. The van der Waals surface area contributed by atoms with Crippen LogP contribution in [0.5, 0.6) is 5.75 Å². The summed E-state index contributed by atoms with van der Waals surface area (Å²) in [5.41, 5.74) is 3.82. The lowest BCUT2D eigenvalue weighted by molar-refractivity contribution is -0.384. The van der Waals surface area contributed by atoms with Crippen molar-refractivity contribution in [3.63, 3.8) is 0 Å². The van der Waals surface area contributed by atoms with Gasteiger partial charge in [0.15, 0.2) is 0 Å². The Morgan fingerprint density at radius 1 is 1.10 bits per heavy atom. The number of nitrogens with one attached hydrogen (secondary N) is 1. The van der Waals surface area contributed by atoms with Gasteiger partial charge in [-0.2, -0.15) is 0 Å². The lowest BCUT2D eigenvalue weighted by atomic mass is 9.70. The van der Waals surface area contributed by atoms with Gasteiger partial charge in [-0.15, -0.1) is 0 Å². The van der Waals surface area contributed by atoms with E-state index in [9.17, 15) is 19.7 Å². The highest BCUT2D eigenvalue weighted by Crippen LogP contribution is 2.48. The van der Waals surface area contributed by atoms with Crippen LogP contribution in [0.4, 0.5) is 11.4 Å². The van der Waals surface area contributed by atoms with E-state index in [1.54, 1.807) is 25.3 Å². The Morgan fingerprint density at radius 2 is 1.88 bits per heavy atom. The summed E-state index contributed by atoms with van der Waals surface area (Å²) in [4.78, 5) is 40.5. The zero-order chi connectivity index (χ0) is 28.1. The Bertz CT molecular complexity index is 1510. The SMILES string of the molecule is COc1ccc(C(NC(=O)[C@@H]2Cc3cc([N+](=O)[O-])ccc3N3C[C@@H]4C[C@@H](Cn5c4cccc5=O)[C@@H]23)C(C)C)cc1. The summed E-state index contributed by atoms with van der Waals surface area (Å²) in [6.07, 6.45) is 1.32. The Morgan fingerprint density at radius 3 is 2.58 bits per heavy atom. The van der Waals surface area contributed by atoms with E-state index in [0.717, 1.165) is 34.7 Å². The molecular formula is C31H34N4O5. The van der Waals surface area contributed by atoms with Crippen molar-refractivity contribution in [3.8, 4) is 5.75 Å². The summed E-state index contributed by atoms with van der Waals surface area (Å²) in [5.74, 6) is 0.664. The predicted octanol–water partition coefficient (Wildman–Crippen LogP) is 4.44. The maximum Gasteiger partial charge on any atom is 0.269 e. The molecule has 2 bridgehead atoms. The van der Waals surface area contributed by atoms with E-state index in [0.29, 0.717) is 19.5 Å². The van der Waals surface area contributed by atoms with Crippen molar-refractivity contribution in [1.82, 2.24) is 9.88 Å². The molecular weight excluding hydrogens is 508 g/mol. The quantitative estimate of drug-likeness (QED) is 0.365. The van der Waals surface area contributed by atoms with Gasteiger partial charge in [0.05, 0.1) is 24.0 Å². The second kappa shape index (κ2) is 10.1. The number of anilines is 1. The second-order valence-electron chi connectivity index (χ2n) is 11.6. The fraction of sp³-hybridized carbons (Fsp3) is 0.419. The predicted molar refractivity (Wildman–Crippen MR) is 152 cm³/mol. The first-order chi connectivity index (χ1) is 19.2. The van der Waals surface area contributed by atoms with Crippen molar-refractivity contribution in [2.45, 2.75) is 51.2 Å². The summed E-state index contributed by atoms with van der Waals surface area (Å²) in [6, 6.07) is 17.9. The number of carbonyl (C=O) groups is 1. The van der Waals surface area contributed by atoms with Gasteiger partial charge in [-0.05, 0) is 60.1 Å². The third-order valence-electron chi connectivity index (χ3n) is 8.98. The largest absolute Gasteiger partial charge is 0.497 e. The summed E-state index contributed by atoms with van der Waals surface area (Å²) in [5, 5.41) is 14.9. The summed E-state index contributed by atoms with van der Waals surface area (Å²) < 4.78 is 7.19. The number of nitrogens with zero attached hydrogens (tertiary/aromatic N) is 3. The number of non-ortho nitro benzene ring substituents is 1. The van der Waals surface area contributed by atoms with Crippen LogP contribution < -0.4 is 20.5 Å². The topological polar surface area (TPSA) is 107 Å². The van der Waals surface area contributed by atoms with Crippen LogP contribution in [-0.2, 0) is 17.8 Å². The first kappa shape index (κ1) is 26.1. The van der Waals surface area contributed by atoms with Crippen molar-refractivity contribution >= 4 is 17.3 Å². The third-order valence-corrected chi connectivity index (χ3v) is 8.98. The molecule has 9 nitrogen and oxygen atoms in total. The number of nitro benzene ring substituents is 1. The average molecular weight is 543 g/mol. The lowest BCUT2D eigenvalue weighted by Gasteiger charge is -2.54. The maximum absolute atomic E-state index is 14.2. The van der Waals surface area contributed by atoms with Gasteiger partial charge in [0, 0.05) is 54.6 Å². The Kier molecular flexibility index (Phi) is 6.60. The van der Waals surface area contributed by atoms with Gasteiger partial charge in [-0.1, -0.05) is 32.0 Å². The zero-order valence-corrected chi connectivity index (χ0v) is 22.9. The summed E-state index contributed by atoms with van der Waals surface area (Å²) >= 11 is 0. The molecule has 208 valence electrons. The smallest absolute Gasteiger partial charge is 0.269 e. The molecule has 1 saturated heterocycles. The number of pyridine rings is 1. The van der Waals surface area contributed by atoms with Crippen molar-refractivity contribution < 1.29 is 14.5 Å². The minimum atomic E-state index is -0.416. The molecule has 1 aromatic heterocycles. The zero-order valence-electron chi connectivity index (χ0n) is 22.9. The fourth-order valence-corrected chi connectivity index (χ4v) is 7.16. The molecule has 2 aromatic carbocycles. The minimum Gasteiger partial charge on any atom is -0.497 e. The first-order valence-corrected chi connectivity index (χ1v) is 13.9. The number of aromatic nitrogens is 1. The second-order valence-corrected chi connectivity index (χ2v) is 11.6. The molecule has 4 heterocycles. The number of rotatable bonds is 6. The standard InChI is InChI=1S/C31H34N4O5/c1-18(2)29(19-7-10-24(40-3)11-8-19)32-31(37)25-15-20-14-23(35(38)39)9-12-27(20)34-16-21-13-22(30(25)34)17-33-26(21)5-4-6-28(33)36/h4-12,14,18,21-22,25,29-30H,13,15-17H2,1-3H3,(H,32,37)/t21-,22-,25+,29?,30-/m0/s1. The minimum absolute atomic E-state index is 0.00661. The van der Waals surface area contributed by atoms with E-state index in [1.165, 1.54) is 0 Å². The van der Waals surface area contributed by atoms with Crippen LogP contribution in [-0.4, -0.2) is 35.1 Å². The fourth-order valence-electron chi connectivity index (χ4n) is 7.16. The monoisotopic (exact) mass is 542 g/mol. The van der Waals surface area contributed by atoms with Crippen molar-refractivity contribution in [3.05, 3.63) is 98.0 Å². The molecule has 0 spiro atoms. The molecule has 1 amide bonds.